The molecule has 2 aromatic rings. The summed E-state index contributed by atoms with van der Waals surface area (Å²) in [5, 5.41) is 10.2. The Morgan fingerprint density at radius 3 is 2.80 bits per heavy atom. The lowest BCUT2D eigenvalue weighted by Gasteiger charge is -2.22. The molecule has 0 atom stereocenters. The molecule has 0 aromatic carbocycles. The van der Waals surface area contributed by atoms with Gasteiger partial charge < -0.3 is 9.64 Å². The number of thiophene rings is 1. The van der Waals surface area contributed by atoms with Crippen molar-refractivity contribution in [1.82, 2.24) is 10.2 Å². The van der Waals surface area contributed by atoms with Crippen LogP contribution >= 0.6 is 11.3 Å². The van der Waals surface area contributed by atoms with Crippen molar-refractivity contribution >= 4 is 23.1 Å². The third-order valence-electron chi connectivity index (χ3n) is 3.23. The Hall–Kier alpha value is -1.95. The third kappa shape index (κ3) is 2.80. The monoisotopic (exact) mass is 289 g/mol. The highest BCUT2D eigenvalue weighted by atomic mass is 32.1. The average Bonchev–Trinajstić information content (AvgIpc) is 3.21. The predicted octanol–water partition coefficient (Wildman–Crippen LogP) is 2.49. The molecular weight excluding hydrogens is 274 g/mol. The van der Waals surface area contributed by atoms with Gasteiger partial charge in [-0.25, -0.2) is 4.79 Å². The molecule has 20 heavy (non-hydrogen) atoms. The van der Waals surface area contributed by atoms with Gasteiger partial charge in [0.15, 0.2) is 11.5 Å². The van der Waals surface area contributed by atoms with Gasteiger partial charge in [-0.3, -0.25) is 0 Å². The van der Waals surface area contributed by atoms with Gasteiger partial charge in [0.2, 0.25) is 0 Å². The van der Waals surface area contributed by atoms with Crippen molar-refractivity contribution in [2.75, 3.05) is 12.0 Å². The van der Waals surface area contributed by atoms with Crippen molar-refractivity contribution < 1.29 is 9.53 Å². The molecule has 1 saturated carbocycles. The second-order valence-electron chi connectivity index (χ2n) is 4.71. The third-order valence-corrected chi connectivity index (χ3v) is 4.09. The van der Waals surface area contributed by atoms with Crippen LogP contribution in [-0.2, 0) is 11.3 Å². The van der Waals surface area contributed by atoms with E-state index in [0.29, 0.717) is 6.04 Å². The lowest BCUT2D eigenvalue weighted by molar-refractivity contribution is 0.0592. The largest absolute Gasteiger partial charge is 0.464 e. The van der Waals surface area contributed by atoms with Crippen molar-refractivity contribution in [3.05, 3.63) is 40.2 Å². The fraction of sp³-hybridized carbons (Fsp3) is 0.357. The van der Waals surface area contributed by atoms with Gasteiger partial charge in [0.1, 0.15) is 0 Å². The molecule has 3 rings (SSSR count). The number of methoxy groups -OCH3 is 1. The smallest absolute Gasteiger partial charge is 0.358 e. The van der Waals surface area contributed by atoms with Crippen LogP contribution in [0.15, 0.2) is 29.6 Å². The molecule has 1 aliphatic rings. The van der Waals surface area contributed by atoms with E-state index in [9.17, 15) is 4.79 Å². The maximum atomic E-state index is 11.4. The normalized spacial score (nSPS) is 14.1. The molecule has 2 heterocycles. The molecule has 0 bridgehead atoms. The summed E-state index contributed by atoms with van der Waals surface area (Å²) < 4.78 is 4.63. The summed E-state index contributed by atoms with van der Waals surface area (Å²) in [6.45, 7) is 0.842. The number of rotatable bonds is 5. The summed E-state index contributed by atoms with van der Waals surface area (Å²) >= 11 is 1.74. The van der Waals surface area contributed by atoms with Crippen LogP contribution in [0, 0.1) is 0 Å². The Labute approximate surface area is 121 Å². The second-order valence-corrected chi connectivity index (χ2v) is 5.74. The number of nitrogens with zero attached hydrogens (tertiary/aromatic N) is 3. The molecule has 0 radical (unpaired) electrons. The van der Waals surface area contributed by atoms with Gasteiger partial charge in [0, 0.05) is 10.9 Å². The molecule has 0 amide bonds. The van der Waals surface area contributed by atoms with Gasteiger partial charge in [0.25, 0.3) is 0 Å². The zero-order chi connectivity index (χ0) is 13.9. The maximum absolute atomic E-state index is 11.4. The molecule has 104 valence electrons. The first-order chi connectivity index (χ1) is 9.78. The Morgan fingerprint density at radius 2 is 2.25 bits per heavy atom. The van der Waals surface area contributed by atoms with E-state index in [-0.39, 0.29) is 5.69 Å². The van der Waals surface area contributed by atoms with Crippen molar-refractivity contribution in [3.8, 4) is 0 Å². The van der Waals surface area contributed by atoms with Gasteiger partial charge in [-0.2, -0.15) is 0 Å². The zero-order valence-corrected chi connectivity index (χ0v) is 12.0. The van der Waals surface area contributed by atoms with Crippen LogP contribution in [0.2, 0.25) is 0 Å². The summed E-state index contributed by atoms with van der Waals surface area (Å²) in [6, 6.07) is 8.21. The number of esters is 1. The minimum atomic E-state index is -0.458. The molecule has 0 N–H and O–H groups in total. The molecule has 1 aliphatic carbocycles. The molecule has 5 nitrogen and oxygen atoms in total. The Kier molecular flexibility index (Phi) is 3.64. The van der Waals surface area contributed by atoms with Crippen molar-refractivity contribution in [3.63, 3.8) is 0 Å². The number of ether oxygens (including phenoxy) is 1. The number of carbonyl (C=O) groups is 1. The highest BCUT2D eigenvalue weighted by Gasteiger charge is 2.30. The van der Waals surface area contributed by atoms with Crippen LogP contribution < -0.4 is 4.90 Å². The van der Waals surface area contributed by atoms with E-state index in [2.05, 4.69) is 37.3 Å². The van der Waals surface area contributed by atoms with Gasteiger partial charge in [-0.15, -0.1) is 21.5 Å². The van der Waals surface area contributed by atoms with E-state index < -0.39 is 5.97 Å². The summed E-state index contributed by atoms with van der Waals surface area (Å²) in [6.07, 6.45) is 2.37. The van der Waals surface area contributed by atoms with Crippen LogP contribution in [0.25, 0.3) is 0 Å². The van der Waals surface area contributed by atoms with E-state index in [1.165, 1.54) is 24.8 Å². The van der Waals surface area contributed by atoms with Gasteiger partial charge in [-0.05, 0) is 36.4 Å². The highest BCUT2D eigenvalue weighted by Crippen LogP contribution is 2.32. The first kappa shape index (κ1) is 13.1. The first-order valence-corrected chi connectivity index (χ1v) is 7.37. The fourth-order valence-corrected chi connectivity index (χ4v) is 2.75. The molecule has 0 spiro atoms. The van der Waals surface area contributed by atoms with Crippen molar-refractivity contribution in [2.45, 2.75) is 25.4 Å². The number of anilines is 1. The Balaban J connectivity index is 1.79. The number of aromatic nitrogens is 2. The molecule has 0 saturated heterocycles. The van der Waals surface area contributed by atoms with Crippen LogP contribution in [0.3, 0.4) is 0 Å². The molecule has 6 heteroatoms. The van der Waals surface area contributed by atoms with Crippen LogP contribution in [0.1, 0.15) is 28.2 Å². The SMILES string of the molecule is COC(=O)c1ccc(N(Cc2cccs2)C2CC2)nn1. The second kappa shape index (κ2) is 5.58. The number of carbonyl (C=O) groups excluding carboxylic acids is 1. The predicted molar refractivity (Wildman–Crippen MR) is 76.9 cm³/mol. The van der Waals surface area contributed by atoms with Gasteiger partial charge >= 0.3 is 5.97 Å². The summed E-state index contributed by atoms with van der Waals surface area (Å²) in [4.78, 5) is 14.9. The minimum absolute atomic E-state index is 0.239. The first-order valence-electron chi connectivity index (χ1n) is 6.49. The number of hydrogen-bond donors (Lipinski definition) is 0. The van der Waals surface area contributed by atoms with Crippen LogP contribution in [0.4, 0.5) is 5.82 Å². The Morgan fingerprint density at radius 1 is 1.40 bits per heavy atom. The minimum Gasteiger partial charge on any atom is -0.464 e. The van der Waals surface area contributed by atoms with E-state index >= 15 is 0 Å². The van der Waals surface area contributed by atoms with Crippen LogP contribution in [0.5, 0.6) is 0 Å². The van der Waals surface area contributed by atoms with Gasteiger partial charge in [-0.1, -0.05) is 6.07 Å². The standard InChI is InChI=1S/C14H15N3O2S/c1-19-14(18)12-6-7-13(16-15-12)17(10-4-5-10)9-11-3-2-8-20-11/h2-3,6-8,10H,4-5,9H2,1H3. The molecule has 0 aliphatic heterocycles. The lowest BCUT2D eigenvalue weighted by atomic mass is 10.3. The van der Waals surface area contributed by atoms with Crippen molar-refractivity contribution in [2.24, 2.45) is 0 Å². The van der Waals surface area contributed by atoms with Crippen LogP contribution in [-0.4, -0.2) is 29.3 Å². The van der Waals surface area contributed by atoms with E-state index in [1.807, 2.05) is 6.07 Å². The topological polar surface area (TPSA) is 55.3 Å². The summed E-state index contributed by atoms with van der Waals surface area (Å²) in [7, 11) is 1.34. The van der Waals surface area contributed by atoms with E-state index in [0.717, 1.165) is 12.4 Å². The summed E-state index contributed by atoms with van der Waals surface area (Å²) in [5.41, 5.74) is 0.239. The molecule has 0 unspecified atom stereocenters. The zero-order valence-electron chi connectivity index (χ0n) is 11.2. The van der Waals surface area contributed by atoms with E-state index in [1.54, 1.807) is 17.4 Å². The molecule has 2 aromatic heterocycles. The fourth-order valence-electron chi connectivity index (χ4n) is 2.05. The molecular formula is C14H15N3O2S. The highest BCUT2D eigenvalue weighted by molar-refractivity contribution is 7.09. The maximum Gasteiger partial charge on any atom is 0.358 e. The quantitative estimate of drug-likeness (QED) is 0.792. The van der Waals surface area contributed by atoms with Crippen molar-refractivity contribution in [1.29, 1.82) is 0 Å². The number of hydrogen-bond acceptors (Lipinski definition) is 6. The summed E-state index contributed by atoms with van der Waals surface area (Å²) in [5.74, 6) is 0.355. The van der Waals surface area contributed by atoms with Gasteiger partial charge in [0.05, 0.1) is 13.7 Å². The lowest BCUT2D eigenvalue weighted by Crippen LogP contribution is -2.26. The van der Waals surface area contributed by atoms with E-state index in [4.69, 9.17) is 0 Å². The average molecular weight is 289 g/mol. The Bertz CT molecular complexity index is 579. The molecule has 1 fully saturated rings.